The third-order valence-electron chi connectivity index (χ3n) is 4.97. The summed E-state index contributed by atoms with van der Waals surface area (Å²) in [4.78, 5) is 57.0. The number of carbonyl (C=O) groups is 3. The minimum absolute atomic E-state index is 0.0321. The van der Waals surface area contributed by atoms with E-state index in [9.17, 15) is 19.2 Å². The predicted octanol–water partition coefficient (Wildman–Crippen LogP) is 0.0838. The van der Waals surface area contributed by atoms with Gasteiger partial charge in [0.05, 0.1) is 6.61 Å². The normalized spacial score (nSPS) is 21.5. The Balaban J connectivity index is 2.24. The molecule has 0 spiro atoms. The van der Waals surface area contributed by atoms with Gasteiger partial charge in [-0.15, -0.1) is 6.58 Å². The van der Waals surface area contributed by atoms with Crippen LogP contribution in [0.2, 0.25) is 0 Å². The minimum atomic E-state index is -1.33. The first-order valence-electron chi connectivity index (χ1n) is 10.7. The van der Waals surface area contributed by atoms with Gasteiger partial charge in [-0.05, 0) is 6.92 Å². The molecule has 35 heavy (non-hydrogen) atoms. The summed E-state index contributed by atoms with van der Waals surface area (Å²) < 4.78 is 29.8. The van der Waals surface area contributed by atoms with Crippen LogP contribution in [0.4, 0.5) is 5.95 Å². The van der Waals surface area contributed by atoms with Crippen molar-refractivity contribution in [1.29, 1.82) is 0 Å². The van der Waals surface area contributed by atoms with Crippen LogP contribution in [0.15, 0.2) is 17.4 Å². The maximum Gasteiger partial charge on any atom is 0.333 e. The molecule has 0 amide bonds. The van der Waals surface area contributed by atoms with Crippen molar-refractivity contribution in [3.05, 3.63) is 23.1 Å². The van der Waals surface area contributed by atoms with E-state index in [4.69, 9.17) is 29.4 Å². The number of hydrogen-bond acceptors (Lipinski definition) is 12. The Morgan fingerprint density at radius 1 is 1.11 bits per heavy atom. The van der Waals surface area contributed by atoms with Gasteiger partial charge in [0.2, 0.25) is 11.8 Å². The number of imidazole rings is 1. The average Bonchev–Trinajstić information content (AvgIpc) is 3.21. The molecule has 2 aromatic heterocycles. The molecular formula is C21H27N5O9. The summed E-state index contributed by atoms with van der Waals surface area (Å²) in [5.41, 5.74) is 5.49. The minimum Gasteiger partial charge on any atom is -0.476 e. The van der Waals surface area contributed by atoms with Crippen LogP contribution in [-0.4, -0.2) is 68.5 Å². The van der Waals surface area contributed by atoms with Crippen LogP contribution in [0.5, 0.6) is 5.88 Å². The van der Waals surface area contributed by atoms with E-state index in [1.54, 1.807) is 6.92 Å². The third kappa shape index (κ3) is 5.26. The summed E-state index contributed by atoms with van der Waals surface area (Å²) in [6.07, 6.45) is -3.39. The van der Waals surface area contributed by atoms with Gasteiger partial charge in [-0.2, -0.15) is 9.97 Å². The fraction of sp³-hybridized carbons (Fsp3) is 0.524. The number of aromatic nitrogens is 4. The Morgan fingerprint density at radius 2 is 1.77 bits per heavy atom. The zero-order valence-electron chi connectivity index (χ0n) is 19.8. The summed E-state index contributed by atoms with van der Waals surface area (Å²) >= 11 is 0. The maximum atomic E-state index is 13.6. The SMILES string of the molecule is C=CCn1c(=O)n(C2O[C@H](COC(C)=O)[C@@H](OC(C)=O)[C@H]2OC(C)=O)c2nc(N)nc(OCC)c21. The topological polar surface area (TPSA) is 176 Å². The molecule has 1 aliphatic rings. The number of anilines is 1. The molecule has 0 bridgehead atoms. The van der Waals surface area contributed by atoms with Gasteiger partial charge < -0.3 is 29.4 Å². The molecule has 2 N–H and O–H groups in total. The number of nitrogens with zero attached hydrogens (tertiary/aromatic N) is 4. The first kappa shape index (κ1) is 25.7. The highest BCUT2D eigenvalue weighted by molar-refractivity contribution is 5.79. The molecule has 1 unspecified atom stereocenters. The van der Waals surface area contributed by atoms with Gasteiger partial charge in [0.25, 0.3) is 0 Å². The summed E-state index contributed by atoms with van der Waals surface area (Å²) in [6.45, 7) is 8.87. The molecule has 190 valence electrons. The highest BCUT2D eigenvalue weighted by Crippen LogP contribution is 2.36. The molecule has 0 aliphatic carbocycles. The number of rotatable bonds is 9. The van der Waals surface area contributed by atoms with Gasteiger partial charge in [0.15, 0.2) is 29.6 Å². The van der Waals surface area contributed by atoms with Crippen molar-refractivity contribution in [2.45, 2.75) is 58.8 Å². The molecule has 0 radical (unpaired) electrons. The highest BCUT2D eigenvalue weighted by Gasteiger charge is 2.52. The number of carbonyl (C=O) groups excluding carboxylic acids is 3. The number of ether oxygens (including phenoxy) is 5. The van der Waals surface area contributed by atoms with Crippen molar-refractivity contribution < 1.29 is 38.1 Å². The van der Waals surface area contributed by atoms with Crippen LogP contribution in [0.25, 0.3) is 11.2 Å². The van der Waals surface area contributed by atoms with E-state index < -0.39 is 48.1 Å². The molecule has 1 aliphatic heterocycles. The quantitative estimate of drug-likeness (QED) is 0.283. The Bertz CT molecular complexity index is 1200. The Labute approximate surface area is 199 Å². The molecule has 1 saturated heterocycles. The molecule has 2 aromatic rings. The summed E-state index contributed by atoms with van der Waals surface area (Å²) in [5, 5.41) is 0. The average molecular weight is 493 g/mol. The van der Waals surface area contributed by atoms with Crippen molar-refractivity contribution in [3.8, 4) is 5.88 Å². The van der Waals surface area contributed by atoms with Crippen LogP contribution in [0.3, 0.4) is 0 Å². The second-order valence-electron chi connectivity index (χ2n) is 7.56. The fourth-order valence-electron chi connectivity index (χ4n) is 3.83. The second kappa shape index (κ2) is 10.5. The molecule has 3 rings (SSSR count). The number of allylic oxidation sites excluding steroid dienone is 1. The smallest absolute Gasteiger partial charge is 0.333 e. The summed E-state index contributed by atoms with van der Waals surface area (Å²) in [7, 11) is 0. The lowest BCUT2D eigenvalue weighted by molar-refractivity contribution is -0.166. The molecule has 0 aromatic carbocycles. The standard InChI is InChI=1S/C21H27N5O9/c1-6-8-25-14-17(23-20(22)24-18(14)31-7-2)26(21(25)30)19-16(34-12(5)29)15(33-11(4)28)13(35-19)9-32-10(3)27/h6,13,15-16,19H,1,7-9H2,2-5H3,(H2,22,23,24)/t13-,15-,16-,19?/m1/s1. The van der Waals surface area contributed by atoms with Gasteiger partial charge in [-0.1, -0.05) is 6.08 Å². The zero-order valence-corrected chi connectivity index (χ0v) is 19.8. The number of nitrogens with two attached hydrogens (primary N) is 1. The highest BCUT2D eigenvalue weighted by atomic mass is 16.7. The van der Waals surface area contributed by atoms with Crippen LogP contribution >= 0.6 is 0 Å². The van der Waals surface area contributed by atoms with Crippen molar-refractivity contribution in [3.63, 3.8) is 0 Å². The van der Waals surface area contributed by atoms with E-state index in [1.807, 2.05) is 0 Å². The largest absolute Gasteiger partial charge is 0.476 e. The van der Waals surface area contributed by atoms with Crippen LogP contribution in [0, 0.1) is 0 Å². The first-order chi connectivity index (χ1) is 16.6. The molecule has 4 atom stereocenters. The van der Waals surface area contributed by atoms with E-state index >= 15 is 0 Å². The van der Waals surface area contributed by atoms with E-state index in [1.165, 1.54) is 17.6 Å². The van der Waals surface area contributed by atoms with Crippen molar-refractivity contribution in [2.24, 2.45) is 0 Å². The van der Waals surface area contributed by atoms with Gasteiger partial charge in [0.1, 0.15) is 12.7 Å². The number of nitrogen functional groups attached to an aromatic ring is 1. The molecule has 3 heterocycles. The number of esters is 3. The monoisotopic (exact) mass is 493 g/mol. The number of hydrogen-bond donors (Lipinski definition) is 1. The van der Waals surface area contributed by atoms with E-state index in [0.29, 0.717) is 0 Å². The van der Waals surface area contributed by atoms with Gasteiger partial charge >= 0.3 is 23.6 Å². The summed E-state index contributed by atoms with van der Waals surface area (Å²) in [5.74, 6) is -2.15. The molecule has 14 heteroatoms. The Morgan fingerprint density at radius 3 is 2.34 bits per heavy atom. The van der Waals surface area contributed by atoms with E-state index in [2.05, 4.69) is 16.5 Å². The Hall–Kier alpha value is -3.94. The van der Waals surface area contributed by atoms with E-state index in [-0.39, 0.29) is 42.8 Å². The van der Waals surface area contributed by atoms with Crippen LogP contribution in [0.1, 0.15) is 33.9 Å². The van der Waals surface area contributed by atoms with Gasteiger partial charge in [-0.25, -0.2) is 9.36 Å². The maximum absolute atomic E-state index is 13.6. The molecule has 0 saturated carbocycles. The predicted molar refractivity (Wildman–Crippen MR) is 119 cm³/mol. The first-order valence-corrected chi connectivity index (χ1v) is 10.7. The van der Waals surface area contributed by atoms with Gasteiger partial charge in [-0.3, -0.25) is 19.0 Å². The third-order valence-corrected chi connectivity index (χ3v) is 4.97. The van der Waals surface area contributed by atoms with Crippen molar-refractivity contribution in [2.75, 3.05) is 18.9 Å². The molecule has 1 fully saturated rings. The Kier molecular flexibility index (Phi) is 7.74. The zero-order chi connectivity index (χ0) is 25.9. The molecular weight excluding hydrogens is 466 g/mol. The lowest BCUT2D eigenvalue weighted by Gasteiger charge is -2.23. The lowest BCUT2D eigenvalue weighted by Crippen LogP contribution is -2.41. The second-order valence-corrected chi connectivity index (χ2v) is 7.56. The summed E-state index contributed by atoms with van der Waals surface area (Å²) in [6, 6.07) is 0. The lowest BCUT2D eigenvalue weighted by atomic mass is 10.1. The van der Waals surface area contributed by atoms with Crippen LogP contribution < -0.4 is 16.2 Å². The van der Waals surface area contributed by atoms with Crippen molar-refractivity contribution >= 4 is 35.0 Å². The number of fused-ring (bicyclic) bond motifs is 1. The fourth-order valence-corrected chi connectivity index (χ4v) is 3.83. The molecule has 14 nitrogen and oxygen atoms in total. The van der Waals surface area contributed by atoms with Crippen LogP contribution in [-0.2, 0) is 39.9 Å². The van der Waals surface area contributed by atoms with Gasteiger partial charge in [0, 0.05) is 27.3 Å². The van der Waals surface area contributed by atoms with Crippen molar-refractivity contribution in [1.82, 2.24) is 19.1 Å². The van der Waals surface area contributed by atoms with E-state index in [0.717, 1.165) is 18.4 Å².